The van der Waals surface area contributed by atoms with Gasteiger partial charge in [0.2, 0.25) is 6.33 Å². The third-order valence-corrected chi connectivity index (χ3v) is 4.64. The molecule has 1 aromatic heterocycles. The van der Waals surface area contributed by atoms with Crippen molar-refractivity contribution in [1.29, 1.82) is 0 Å². The molecule has 0 unspecified atom stereocenters. The van der Waals surface area contributed by atoms with Gasteiger partial charge in [0.1, 0.15) is 18.1 Å². The first-order chi connectivity index (χ1) is 13.4. The maximum Gasteiger partial charge on any atom is 0.320 e. The monoisotopic (exact) mass is 387 g/mol. The van der Waals surface area contributed by atoms with Gasteiger partial charge in [-0.3, -0.25) is 9.59 Å². The minimum absolute atomic E-state index is 0.252. The number of aryl methyl sites for hydroxylation is 4. The van der Waals surface area contributed by atoms with Crippen molar-refractivity contribution in [3.63, 3.8) is 0 Å². The summed E-state index contributed by atoms with van der Waals surface area (Å²) in [5.74, 6) is -1.87. The Morgan fingerprint density at radius 1 is 1.04 bits per heavy atom. The summed E-state index contributed by atoms with van der Waals surface area (Å²) < 4.78 is 14.2. The molecule has 152 valence electrons. The van der Waals surface area contributed by atoms with Crippen LogP contribution in [-0.2, 0) is 25.6 Å². The molecule has 28 heavy (non-hydrogen) atoms. The fourth-order valence-electron chi connectivity index (χ4n) is 3.53. The molecule has 1 aromatic carbocycles. The van der Waals surface area contributed by atoms with E-state index in [1.807, 2.05) is 18.7 Å². The number of rotatable bonds is 9. The predicted molar refractivity (Wildman–Crippen MR) is 106 cm³/mol. The predicted octanol–water partition coefficient (Wildman–Crippen LogP) is 3.21. The Hall–Kier alpha value is -2.63. The van der Waals surface area contributed by atoms with Gasteiger partial charge in [-0.15, -0.1) is 0 Å². The molecule has 0 radical (unpaired) electrons. The first-order valence-corrected chi connectivity index (χ1v) is 9.85. The van der Waals surface area contributed by atoms with Crippen LogP contribution < -0.4 is 4.57 Å². The smallest absolute Gasteiger partial charge is 0.320 e. The summed E-state index contributed by atoms with van der Waals surface area (Å²) in [5.41, 5.74) is 4.89. The molecule has 0 saturated carbocycles. The zero-order valence-electron chi connectivity index (χ0n) is 17.5. The first-order valence-electron chi connectivity index (χ1n) is 9.85. The number of hydrogen-bond acceptors (Lipinski definition) is 4. The number of esters is 2. The summed E-state index contributed by atoms with van der Waals surface area (Å²) in [7, 11) is 0. The minimum atomic E-state index is -0.857. The lowest BCUT2D eigenvalue weighted by Gasteiger charge is -2.13. The van der Waals surface area contributed by atoms with Crippen molar-refractivity contribution in [2.24, 2.45) is 5.92 Å². The summed E-state index contributed by atoms with van der Waals surface area (Å²) >= 11 is 0. The van der Waals surface area contributed by atoms with Gasteiger partial charge in [0.05, 0.1) is 19.8 Å². The molecule has 2 aromatic rings. The number of imidazole rings is 1. The molecule has 0 spiro atoms. The first kappa shape index (κ1) is 21.7. The van der Waals surface area contributed by atoms with E-state index in [-0.39, 0.29) is 13.2 Å². The van der Waals surface area contributed by atoms with Crippen LogP contribution in [0.25, 0.3) is 5.69 Å². The Balaban J connectivity index is 2.03. The summed E-state index contributed by atoms with van der Waals surface area (Å²) in [6.07, 6.45) is 7.14. The van der Waals surface area contributed by atoms with Gasteiger partial charge < -0.3 is 9.47 Å². The summed E-state index contributed by atoms with van der Waals surface area (Å²) in [6, 6.07) is 4.35. The van der Waals surface area contributed by atoms with Crippen molar-refractivity contribution in [3.05, 3.63) is 47.5 Å². The van der Waals surface area contributed by atoms with E-state index >= 15 is 0 Å². The molecule has 0 aliphatic heterocycles. The van der Waals surface area contributed by atoms with E-state index in [1.165, 1.54) is 22.4 Å². The molecule has 1 heterocycles. The number of carbonyl (C=O) groups excluding carboxylic acids is 2. The van der Waals surface area contributed by atoms with Crippen LogP contribution in [0, 0.1) is 26.7 Å². The Bertz CT molecular complexity index is 785. The van der Waals surface area contributed by atoms with Crippen LogP contribution >= 0.6 is 0 Å². The van der Waals surface area contributed by atoms with Gasteiger partial charge in [0.25, 0.3) is 0 Å². The Morgan fingerprint density at radius 2 is 1.61 bits per heavy atom. The quantitative estimate of drug-likeness (QED) is 0.377. The lowest BCUT2D eigenvalue weighted by molar-refractivity contribution is -0.696. The van der Waals surface area contributed by atoms with E-state index < -0.39 is 17.9 Å². The van der Waals surface area contributed by atoms with Gasteiger partial charge in [0, 0.05) is 0 Å². The zero-order valence-corrected chi connectivity index (χ0v) is 17.5. The van der Waals surface area contributed by atoms with Gasteiger partial charge in [0.15, 0.2) is 5.92 Å². The van der Waals surface area contributed by atoms with Gasteiger partial charge in [-0.25, -0.2) is 9.13 Å². The molecule has 0 N–H and O–H groups in total. The molecular formula is C22H31N2O4+. The fraction of sp³-hybridized carbons (Fsp3) is 0.500. The number of ether oxygens (including phenoxy) is 2. The highest BCUT2D eigenvalue weighted by Crippen LogP contribution is 2.20. The van der Waals surface area contributed by atoms with Gasteiger partial charge in [-0.1, -0.05) is 17.7 Å². The highest BCUT2D eigenvalue weighted by atomic mass is 16.6. The average Bonchev–Trinajstić information content (AvgIpc) is 3.06. The van der Waals surface area contributed by atoms with Crippen molar-refractivity contribution in [1.82, 2.24) is 4.57 Å². The molecule has 0 bridgehead atoms. The number of hydrogen-bond donors (Lipinski definition) is 0. The normalized spacial score (nSPS) is 10.9. The topological polar surface area (TPSA) is 61.4 Å². The molecular weight excluding hydrogens is 356 g/mol. The van der Waals surface area contributed by atoms with Crippen LogP contribution in [0.1, 0.15) is 43.4 Å². The highest BCUT2D eigenvalue weighted by Gasteiger charge is 2.29. The second-order valence-electron chi connectivity index (χ2n) is 7.00. The van der Waals surface area contributed by atoms with E-state index in [0.29, 0.717) is 19.4 Å². The Labute approximate surface area is 167 Å². The standard InChI is InChI=1S/C22H31N2O4/c1-6-27-21(25)19(22(26)28-7-2)9-8-10-23-11-12-24(15-23)20-17(4)13-16(3)14-18(20)5/h11-15,19H,6-10H2,1-5H3/q+1. The molecule has 0 fully saturated rings. The second-order valence-corrected chi connectivity index (χ2v) is 7.00. The zero-order chi connectivity index (χ0) is 20.7. The molecule has 2 rings (SSSR count). The van der Waals surface area contributed by atoms with E-state index in [2.05, 4.69) is 42.0 Å². The Morgan fingerprint density at radius 3 is 2.14 bits per heavy atom. The van der Waals surface area contributed by atoms with Crippen LogP contribution in [0.4, 0.5) is 0 Å². The van der Waals surface area contributed by atoms with Crippen molar-refractivity contribution >= 4 is 11.9 Å². The number of benzene rings is 1. The SMILES string of the molecule is CCOC(=O)C(CCC[n+]1ccn(-c2c(C)cc(C)cc2C)c1)C(=O)OCC. The van der Waals surface area contributed by atoms with Crippen molar-refractivity contribution < 1.29 is 23.6 Å². The maximum absolute atomic E-state index is 12.1. The van der Waals surface area contributed by atoms with Gasteiger partial charge >= 0.3 is 11.9 Å². The average molecular weight is 388 g/mol. The second kappa shape index (κ2) is 10.1. The molecule has 6 heteroatoms. The van der Waals surface area contributed by atoms with E-state index in [9.17, 15) is 9.59 Å². The molecule has 0 amide bonds. The van der Waals surface area contributed by atoms with Crippen LogP contribution in [0.5, 0.6) is 0 Å². The molecule has 6 nitrogen and oxygen atoms in total. The van der Waals surface area contributed by atoms with Crippen LogP contribution in [-0.4, -0.2) is 29.7 Å². The van der Waals surface area contributed by atoms with Crippen LogP contribution in [0.3, 0.4) is 0 Å². The summed E-state index contributed by atoms with van der Waals surface area (Å²) in [5, 5.41) is 0. The number of aromatic nitrogens is 2. The van der Waals surface area contributed by atoms with Crippen LogP contribution in [0.2, 0.25) is 0 Å². The van der Waals surface area contributed by atoms with Gasteiger partial charge in [-0.05, 0) is 58.6 Å². The third-order valence-electron chi connectivity index (χ3n) is 4.64. The van der Waals surface area contributed by atoms with E-state index in [1.54, 1.807) is 13.8 Å². The highest BCUT2D eigenvalue weighted by molar-refractivity contribution is 5.94. The molecule has 0 saturated heterocycles. The summed E-state index contributed by atoms with van der Waals surface area (Å²) in [4.78, 5) is 24.1. The lowest BCUT2D eigenvalue weighted by Crippen LogP contribution is -2.33. The fourth-order valence-corrected chi connectivity index (χ4v) is 3.53. The van der Waals surface area contributed by atoms with E-state index in [0.717, 1.165) is 0 Å². The lowest BCUT2D eigenvalue weighted by atomic mass is 10.0. The van der Waals surface area contributed by atoms with Gasteiger partial charge in [-0.2, -0.15) is 0 Å². The maximum atomic E-state index is 12.1. The van der Waals surface area contributed by atoms with Crippen molar-refractivity contribution in [2.75, 3.05) is 13.2 Å². The largest absolute Gasteiger partial charge is 0.465 e. The molecule has 0 atom stereocenters. The minimum Gasteiger partial charge on any atom is -0.465 e. The van der Waals surface area contributed by atoms with Crippen molar-refractivity contribution in [3.8, 4) is 5.69 Å². The Kier molecular flexibility index (Phi) is 7.79. The molecule has 0 aliphatic rings. The van der Waals surface area contributed by atoms with Crippen molar-refractivity contribution in [2.45, 2.75) is 54.0 Å². The third kappa shape index (κ3) is 5.44. The number of nitrogens with zero attached hydrogens (tertiary/aromatic N) is 2. The molecule has 0 aliphatic carbocycles. The number of carbonyl (C=O) groups is 2. The van der Waals surface area contributed by atoms with Crippen LogP contribution in [0.15, 0.2) is 30.9 Å². The summed E-state index contributed by atoms with van der Waals surface area (Å²) in [6.45, 7) is 11.0. The van der Waals surface area contributed by atoms with E-state index in [4.69, 9.17) is 9.47 Å².